The SMILES string of the molecule is Cc1cccc(COc2cccc(CNc3ccc(Cl)c(Cl)c3)c2)c1. The summed E-state index contributed by atoms with van der Waals surface area (Å²) in [5.74, 6) is 0.856. The zero-order valence-electron chi connectivity index (χ0n) is 13.9. The Balaban J connectivity index is 1.60. The molecule has 0 radical (unpaired) electrons. The number of halogens is 2. The highest BCUT2D eigenvalue weighted by Gasteiger charge is 2.02. The molecule has 0 fully saturated rings. The summed E-state index contributed by atoms with van der Waals surface area (Å²) in [4.78, 5) is 0. The Bertz CT molecular complexity index is 864. The van der Waals surface area contributed by atoms with Crippen LogP contribution in [0.1, 0.15) is 16.7 Å². The zero-order chi connectivity index (χ0) is 17.6. The van der Waals surface area contributed by atoms with E-state index in [1.807, 2.05) is 36.4 Å². The van der Waals surface area contributed by atoms with Crippen molar-refractivity contribution in [3.8, 4) is 5.75 Å². The predicted molar refractivity (Wildman–Crippen MR) is 106 cm³/mol. The van der Waals surface area contributed by atoms with Crippen LogP contribution in [0.5, 0.6) is 5.75 Å². The topological polar surface area (TPSA) is 21.3 Å². The van der Waals surface area contributed by atoms with E-state index in [1.165, 1.54) is 11.1 Å². The Hall–Kier alpha value is -2.16. The third-order valence-corrected chi connectivity index (χ3v) is 4.54. The van der Waals surface area contributed by atoms with Gasteiger partial charge in [0.05, 0.1) is 10.0 Å². The molecule has 0 aliphatic rings. The van der Waals surface area contributed by atoms with E-state index >= 15 is 0 Å². The number of anilines is 1. The molecule has 0 heterocycles. The molecule has 25 heavy (non-hydrogen) atoms. The highest BCUT2D eigenvalue weighted by Crippen LogP contribution is 2.25. The average molecular weight is 372 g/mol. The third-order valence-electron chi connectivity index (χ3n) is 3.80. The van der Waals surface area contributed by atoms with E-state index in [9.17, 15) is 0 Å². The lowest BCUT2D eigenvalue weighted by Crippen LogP contribution is -2.00. The summed E-state index contributed by atoms with van der Waals surface area (Å²) in [6.07, 6.45) is 0. The zero-order valence-corrected chi connectivity index (χ0v) is 15.4. The fourth-order valence-corrected chi connectivity index (χ4v) is 2.82. The first-order chi connectivity index (χ1) is 12.1. The van der Waals surface area contributed by atoms with Gasteiger partial charge in [-0.15, -0.1) is 0 Å². The molecule has 0 spiro atoms. The standard InChI is InChI=1S/C21H19Cl2NO/c1-15-4-2-6-17(10-15)14-25-19-7-3-5-16(11-19)13-24-18-8-9-20(22)21(23)12-18/h2-12,24H,13-14H2,1H3. The van der Waals surface area contributed by atoms with Gasteiger partial charge in [-0.2, -0.15) is 0 Å². The second-order valence-corrected chi connectivity index (χ2v) is 6.72. The van der Waals surface area contributed by atoms with Crippen molar-refractivity contribution in [2.24, 2.45) is 0 Å². The molecule has 0 bridgehead atoms. The smallest absolute Gasteiger partial charge is 0.120 e. The van der Waals surface area contributed by atoms with Crippen molar-refractivity contribution < 1.29 is 4.74 Å². The highest BCUT2D eigenvalue weighted by atomic mass is 35.5. The molecule has 4 heteroatoms. The maximum atomic E-state index is 6.04. The Morgan fingerprint density at radius 1 is 0.840 bits per heavy atom. The van der Waals surface area contributed by atoms with Crippen LogP contribution in [0.2, 0.25) is 10.0 Å². The molecule has 0 aliphatic heterocycles. The summed E-state index contributed by atoms with van der Waals surface area (Å²) in [6.45, 7) is 3.32. The molecule has 0 saturated heterocycles. The van der Waals surface area contributed by atoms with Gasteiger partial charge in [0, 0.05) is 12.2 Å². The van der Waals surface area contributed by atoms with Crippen LogP contribution < -0.4 is 10.1 Å². The molecule has 128 valence electrons. The maximum absolute atomic E-state index is 6.04. The molecule has 3 aromatic rings. The normalized spacial score (nSPS) is 10.5. The summed E-state index contributed by atoms with van der Waals surface area (Å²) in [7, 11) is 0. The number of nitrogens with one attached hydrogen (secondary N) is 1. The van der Waals surface area contributed by atoms with E-state index in [0.29, 0.717) is 23.2 Å². The lowest BCUT2D eigenvalue weighted by atomic mass is 10.1. The van der Waals surface area contributed by atoms with E-state index < -0.39 is 0 Å². The van der Waals surface area contributed by atoms with Gasteiger partial charge >= 0.3 is 0 Å². The molecular weight excluding hydrogens is 353 g/mol. The van der Waals surface area contributed by atoms with Crippen LogP contribution in [0.4, 0.5) is 5.69 Å². The minimum atomic E-state index is 0.543. The maximum Gasteiger partial charge on any atom is 0.120 e. The molecular formula is C21H19Cl2NO. The van der Waals surface area contributed by atoms with Crippen LogP contribution in [0, 0.1) is 6.92 Å². The van der Waals surface area contributed by atoms with Crippen LogP contribution >= 0.6 is 23.2 Å². The first-order valence-electron chi connectivity index (χ1n) is 8.06. The molecule has 0 aliphatic carbocycles. The minimum Gasteiger partial charge on any atom is -0.489 e. The van der Waals surface area contributed by atoms with Crippen LogP contribution in [0.25, 0.3) is 0 Å². The van der Waals surface area contributed by atoms with Crippen LogP contribution in [0.15, 0.2) is 66.7 Å². The molecule has 0 amide bonds. The van der Waals surface area contributed by atoms with Crippen molar-refractivity contribution in [3.05, 3.63) is 93.5 Å². The van der Waals surface area contributed by atoms with E-state index in [-0.39, 0.29) is 0 Å². The van der Waals surface area contributed by atoms with Gasteiger partial charge in [0.2, 0.25) is 0 Å². The lowest BCUT2D eigenvalue weighted by Gasteiger charge is -2.10. The second-order valence-electron chi connectivity index (χ2n) is 5.91. The van der Waals surface area contributed by atoms with Crippen molar-refractivity contribution in [3.63, 3.8) is 0 Å². The Labute approximate surface area is 158 Å². The van der Waals surface area contributed by atoms with Gasteiger partial charge in [0.15, 0.2) is 0 Å². The van der Waals surface area contributed by atoms with Gasteiger partial charge < -0.3 is 10.1 Å². The van der Waals surface area contributed by atoms with Gasteiger partial charge in [-0.05, 0) is 48.4 Å². The fraction of sp³-hybridized carbons (Fsp3) is 0.143. The summed E-state index contributed by atoms with van der Waals surface area (Å²) in [5, 5.41) is 4.44. The molecule has 0 aromatic heterocycles. The number of aryl methyl sites for hydroxylation is 1. The first kappa shape index (κ1) is 17.7. The number of ether oxygens (including phenoxy) is 1. The Kier molecular flexibility index (Phi) is 5.85. The summed E-state index contributed by atoms with van der Waals surface area (Å²) >= 11 is 12.0. The molecule has 0 atom stereocenters. The average Bonchev–Trinajstić information content (AvgIpc) is 2.61. The third kappa shape index (κ3) is 5.15. The molecule has 3 aromatic carbocycles. The van der Waals surface area contributed by atoms with E-state index in [2.05, 4.69) is 36.5 Å². The summed E-state index contributed by atoms with van der Waals surface area (Å²) in [6, 6.07) is 21.9. The molecule has 0 saturated carbocycles. The summed E-state index contributed by atoms with van der Waals surface area (Å²) in [5.41, 5.74) is 4.47. The van der Waals surface area contributed by atoms with E-state index in [4.69, 9.17) is 27.9 Å². The van der Waals surface area contributed by atoms with Gasteiger partial charge in [0.25, 0.3) is 0 Å². The fourth-order valence-electron chi connectivity index (χ4n) is 2.52. The summed E-state index contributed by atoms with van der Waals surface area (Å²) < 4.78 is 5.91. The first-order valence-corrected chi connectivity index (χ1v) is 8.82. The van der Waals surface area contributed by atoms with E-state index in [0.717, 1.165) is 17.0 Å². The van der Waals surface area contributed by atoms with Crippen LogP contribution in [0.3, 0.4) is 0 Å². The Morgan fingerprint density at radius 2 is 1.64 bits per heavy atom. The van der Waals surface area contributed by atoms with Gasteiger partial charge in [-0.3, -0.25) is 0 Å². The molecule has 0 unspecified atom stereocenters. The van der Waals surface area contributed by atoms with Crippen LogP contribution in [-0.4, -0.2) is 0 Å². The molecule has 1 N–H and O–H groups in total. The molecule has 2 nitrogen and oxygen atoms in total. The number of hydrogen-bond donors (Lipinski definition) is 1. The Morgan fingerprint density at radius 3 is 2.44 bits per heavy atom. The van der Waals surface area contributed by atoms with E-state index in [1.54, 1.807) is 6.07 Å². The second kappa shape index (κ2) is 8.28. The lowest BCUT2D eigenvalue weighted by molar-refractivity contribution is 0.306. The number of rotatable bonds is 6. The quantitative estimate of drug-likeness (QED) is 0.534. The largest absolute Gasteiger partial charge is 0.489 e. The van der Waals surface area contributed by atoms with Crippen molar-refractivity contribution >= 4 is 28.9 Å². The van der Waals surface area contributed by atoms with Crippen molar-refractivity contribution in [1.29, 1.82) is 0 Å². The number of benzene rings is 3. The van der Waals surface area contributed by atoms with Gasteiger partial charge in [-0.25, -0.2) is 0 Å². The van der Waals surface area contributed by atoms with Crippen molar-refractivity contribution in [2.75, 3.05) is 5.32 Å². The molecule has 3 rings (SSSR count). The number of hydrogen-bond acceptors (Lipinski definition) is 2. The predicted octanol–water partition coefficient (Wildman–Crippen LogP) is 6.49. The highest BCUT2D eigenvalue weighted by molar-refractivity contribution is 6.42. The van der Waals surface area contributed by atoms with Crippen molar-refractivity contribution in [1.82, 2.24) is 0 Å². The van der Waals surface area contributed by atoms with Gasteiger partial charge in [-0.1, -0.05) is 65.2 Å². The monoisotopic (exact) mass is 371 g/mol. The van der Waals surface area contributed by atoms with Crippen LogP contribution in [-0.2, 0) is 13.2 Å². The van der Waals surface area contributed by atoms with Gasteiger partial charge in [0.1, 0.15) is 12.4 Å². The minimum absolute atomic E-state index is 0.543. The van der Waals surface area contributed by atoms with Crippen molar-refractivity contribution in [2.45, 2.75) is 20.1 Å².